The summed E-state index contributed by atoms with van der Waals surface area (Å²) in [7, 11) is 2.92. The summed E-state index contributed by atoms with van der Waals surface area (Å²) in [6, 6.07) is 2.91. The van der Waals surface area contributed by atoms with Crippen molar-refractivity contribution >= 4 is 17.4 Å². The molecule has 0 fully saturated rings. The Morgan fingerprint density at radius 3 is 2.39 bits per heavy atom. The maximum atomic E-state index is 11.0. The molecule has 0 spiro atoms. The Morgan fingerprint density at radius 2 is 1.89 bits per heavy atom. The summed E-state index contributed by atoms with van der Waals surface area (Å²) in [6.07, 6.45) is 1.89. The van der Waals surface area contributed by atoms with E-state index in [4.69, 9.17) is 14.2 Å². The number of nitrogens with zero attached hydrogens (tertiary/aromatic N) is 1. The van der Waals surface area contributed by atoms with Gasteiger partial charge in [-0.25, -0.2) is 0 Å². The van der Waals surface area contributed by atoms with Crippen molar-refractivity contribution in [1.82, 2.24) is 0 Å². The highest BCUT2D eigenvalue weighted by Gasteiger charge is 2.19. The monoisotopic (exact) mass is 273 g/mol. The number of nitro groups is 1. The molecule has 6 nitrogen and oxygen atoms in total. The highest BCUT2D eigenvalue weighted by molar-refractivity contribution is 7.98. The Balaban J connectivity index is 3.08. The average molecular weight is 273 g/mol. The molecular formula is C11H15NO5S. The second-order valence-electron chi connectivity index (χ2n) is 3.35. The normalized spacial score (nSPS) is 10.2. The number of ether oxygens (including phenoxy) is 3. The molecule has 1 rings (SSSR count). The Bertz CT molecular complexity index is 424. The lowest BCUT2D eigenvalue weighted by atomic mass is 10.1. The van der Waals surface area contributed by atoms with E-state index in [0.29, 0.717) is 23.0 Å². The second kappa shape index (κ2) is 7.07. The molecule has 0 N–H and O–H groups in total. The van der Waals surface area contributed by atoms with Gasteiger partial charge in [0.2, 0.25) is 0 Å². The van der Waals surface area contributed by atoms with E-state index in [-0.39, 0.29) is 12.3 Å². The predicted octanol–water partition coefficient (Wildman–Crippen LogP) is 2.45. The molecule has 1 aromatic carbocycles. The Labute approximate surface area is 109 Å². The van der Waals surface area contributed by atoms with Gasteiger partial charge in [-0.15, -0.1) is 11.8 Å². The zero-order chi connectivity index (χ0) is 13.5. The minimum absolute atomic E-state index is 0.0336. The summed E-state index contributed by atoms with van der Waals surface area (Å²) in [5, 5.41) is 11.0. The van der Waals surface area contributed by atoms with E-state index in [0.717, 1.165) is 0 Å². The van der Waals surface area contributed by atoms with Crippen molar-refractivity contribution in [3.63, 3.8) is 0 Å². The molecule has 0 radical (unpaired) electrons. The van der Waals surface area contributed by atoms with Gasteiger partial charge in [-0.1, -0.05) is 0 Å². The first-order valence-electron chi connectivity index (χ1n) is 5.10. The maximum Gasteiger partial charge on any atom is 0.278 e. The number of methoxy groups -OCH3 is 2. The first-order chi connectivity index (χ1) is 8.63. The van der Waals surface area contributed by atoms with Crippen LogP contribution in [0.5, 0.6) is 11.5 Å². The van der Waals surface area contributed by atoms with Crippen molar-refractivity contribution in [2.45, 2.75) is 6.61 Å². The molecule has 0 aliphatic heterocycles. The lowest BCUT2D eigenvalue weighted by Crippen LogP contribution is -2.01. The smallest absolute Gasteiger partial charge is 0.278 e. The van der Waals surface area contributed by atoms with E-state index >= 15 is 0 Å². The Morgan fingerprint density at radius 1 is 1.28 bits per heavy atom. The summed E-state index contributed by atoms with van der Waals surface area (Å²) in [5.74, 6) is 1.26. The molecule has 18 heavy (non-hydrogen) atoms. The highest BCUT2D eigenvalue weighted by Crippen LogP contribution is 2.34. The minimum atomic E-state index is -0.459. The van der Waals surface area contributed by atoms with Gasteiger partial charge in [-0.2, -0.15) is 0 Å². The van der Waals surface area contributed by atoms with E-state index in [1.54, 1.807) is 6.07 Å². The van der Waals surface area contributed by atoms with E-state index < -0.39 is 4.92 Å². The average Bonchev–Trinajstić information content (AvgIpc) is 2.38. The van der Waals surface area contributed by atoms with Crippen molar-refractivity contribution in [3.05, 3.63) is 27.8 Å². The second-order valence-corrected chi connectivity index (χ2v) is 4.16. The van der Waals surface area contributed by atoms with Crippen LogP contribution in [-0.4, -0.2) is 31.3 Å². The fraction of sp³-hybridized carbons (Fsp3) is 0.455. The van der Waals surface area contributed by atoms with Crippen molar-refractivity contribution in [2.75, 3.05) is 26.4 Å². The van der Waals surface area contributed by atoms with Crippen molar-refractivity contribution < 1.29 is 19.1 Å². The van der Waals surface area contributed by atoms with E-state index in [9.17, 15) is 10.1 Å². The molecule has 0 bridgehead atoms. The third-order valence-corrected chi connectivity index (χ3v) is 2.64. The van der Waals surface area contributed by atoms with E-state index in [2.05, 4.69) is 0 Å². The number of nitro benzene ring substituents is 1. The third kappa shape index (κ3) is 3.51. The van der Waals surface area contributed by atoms with Crippen molar-refractivity contribution in [1.29, 1.82) is 0 Å². The number of hydrogen-bond acceptors (Lipinski definition) is 6. The number of rotatable bonds is 7. The molecule has 0 amide bonds. The molecule has 0 heterocycles. The van der Waals surface area contributed by atoms with E-state index in [1.165, 1.54) is 32.0 Å². The molecular weight excluding hydrogens is 258 g/mol. The molecule has 7 heteroatoms. The minimum Gasteiger partial charge on any atom is -0.493 e. The van der Waals surface area contributed by atoms with Gasteiger partial charge in [-0.3, -0.25) is 10.1 Å². The van der Waals surface area contributed by atoms with Gasteiger partial charge >= 0.3 is 0 Å². The van der Waals surface area contributed by atoms with Gasteiger partial charge in [0.15, 0.2) is 11.5 Å². The lowest BCUT2D eigenvalue weighted by molar-refractivity contribution is -0.386. The third-order valence-electron chi connectivity index (χ3n) is 2.24. The molecule has 1 aromatic rings. The molecule has 0 aromatic heterocycles. The zero-order valence-corrected chi connectivity index (χ0v) is 11.3. The summed E-state index contributed by atoms with van der Waals surface area (Å²) in [5.41, 5.74) is 0.431. The molecule has 0 unspecified atom stereocenters. The topological polar surface area (TPSA) is 70.8 Å². The number of benzene rings is 1. The van der Waals surface area contributed by atoms with Crippen LogP contribution in [0.25, 0.3) is 0 Å². The summed E-state index contributed by atoms with van der Waals surface area (Å²) < 4.78 is 15.4. The Hall–Kier alpha value is -1.47. The van der Waals surface area contributed by atoms with E-state index in [1.807, 2.05) is 6.26 Å². The predicted molar refractivity (Wildman–Crippen MR) is 69.4 cm³/mol. The van der Waals surface area contributed by atoms with Crippen LogP contribution in [-0.2, 0) is 11.3 Å². The molecule has 0 saturated heterocycles. The zero-order valence-electron chi connectivity index (χ0n) is 10.5. The standard InChI is InChI=1S/C11H15NO5S/c1-15-10-4-8(6-17-7-18-3)9(12(13)14)5-11(10)16-2/h4-5H,6-7H2,1-3H3. The largest absolute Gasteiger partial charge is 0.493 e. The van der Waals surface area contributed by atoms with Crippen LogP contribution < -0.4 is 9.47 Å². The molecule has 0 aliphatic carbocycles. The molecule has 100 valence electrons. The van der Waals surface area contributed by atoms with Crippen LogP contribution in [0.2, 0.25) is 0 Å². The van der Waals surface area contributed by atoms with Gasteiger partial charge in [0.1, 0.15) is 0 Å². The van der Waals surface area contributed by atoms with Gasteiger partial charge in [0.05, 0.1) is 43.3 Å². The van der Waals surface area contributed by atoms with Gasteiger partial charge in [-0.05, 0) is 12.3 Å². The van der Waals surface area contributed by atoms with Crippen LogP contribution in [0.4, 0.5) is 5.69 Å². The lowest BCUT2D eigenvalue weighted by Gasteiger charge is -2.10. The van der Waals surface area contributed by atoms with Crippen molar-refractivity contribution in [3.8, 4) is 11.5 Å². The van der Waals surface area contributed by atoms with Crippen LogP contribution in [0.15, 0.2) is 12.1 Å². The quantitative estimate of drug-likeness (QED) is 0.329. The van der Waals surface area contributed by atoms with Crippen LogP contribution >= 0.6 is 11.8 Å². The molecule has 0 atom stereocenters. The van der Waals surface area contributed by atoms with Crippen LogP contribution in [0, 0.1) is 10.1 Å². The van der Waals surface area contributed by atoms with Crippen molar-refractivity contribution in [2.24, 2.45) is 0 Å². The maximum absolute atomic E-state index is 11.0. The first kappa shape index (κ1) is 14.6. The highest BCUT2D eigenvalue weighted by atomic mass is 32.2. The fourth-order valence-electron chi connectivity index (χ4n) is 1.43. The summed E-state index contributed by atoms with van der Waals surface area (Å²) in [4.78, 5) is 10.5. The molecule has 0 saturated carbocycles. The number of hydrogen-bond donors (Lipinski definition) is 0. The SMILES string of the molecule is COc1cc(COCSC)c([N+](=O)[O-])cc1OC. The summed E-state index contributed by atoms with van der Waals surface area (Å²) >= 11 is 1.50. The van der Waals surface area contributed by atoms with Gasteiger partial charge in [0.25, 0.3) is 5.69 Å². The first-order valence-corrected chi connectivity index (χ1v) is 6.49. The van der Waals surface area contributed by atoms with Crippen LogP contribution in [0.3, 0.4) is 0 Å². The Kier molecular flexibility index (Phi) is 5.73. The molecule has 0 aliphatic rings. The summed E-state index contributed by atoms with van der Waals surface area (Å²) in [6.45, 7) is 0.164. The van der Waals surface area contributed by atoms with Crippen LogP contribution in [0.1, 0.15) is 5.56 Å². The van der Waals surface area contributed by atoms with Gasteiger partial charge in [0, 0.05) is 0 Å². The fourth-order valence-corrected chi connectivity index (χ4v) is 1.68. The van der Waals surface area contributed by atoms with Gasteiger partial charge < -0.3 is 14.2 Å². The number of thioether (sulfide) groups is 1.